The van der Waals surface area contributed by atoms with Crippen LogP contribution in [0.5, 0.6) is 5.75 Å². The SMILES string of the molecule is C[C@H]1Oc2cc(cnc2N)C(=NCC2CC2)/C(=C(\N)C(N)=O)Cc2cccnc2-c2ccc(F)cc21. The molecule has 0 spiro atoms. The molecule has 1 aliphatic carbocycles. The Labute approximate surface area is 208 Å². The van der Waals surface area contributed by atoms with E-state index < -0.39 is 17.8 Å². The van der Waals surface area contributed by atoms with Crippen molar-refractivity contribution in [3.8, 4) is 17.0 Å². The molecule has 1 saturated carbocycles. The zero-order chi connectivity index (χ0) is 25.4. The number of nitrogens with two attached hydrogens (primary N) is 3. The first-order valence-corrected chi connectivity index (χ1v) is 11.8. The van der Waals surface area contributed by atoms with Crippen molar-refractivity contribution in [2.24, 2.45) is 22.4 Å². The zero-order valence-corrected chi connectivity index (χ0v) is 19.9. The van der Waals surface area contributed by atoms with E-state index in [9.17, 15) is 9.18 Å². The fraction of sp³-hybridized carbons (Fsp3) is 0.259. The van der Waals surface area contributed by atoms with Gasteiger partial charge in [-0.2, -0.15) is 0 Å². The zero-order valence-electron chi connectivity index (χ0n) is 19.9. The maximum absolute atomic E-state index is 14.4. The number of benzene rings is 1. The Kier molecular flexibility index (Phi) is 6.13. The van der Waals surface area contributed by atoms with Crippen molar-refractivity contribution in [2.75, 3.05) is 12.3 Å². The number of fused-ring (bicyclic) bond motifs is 5. The van der Waals surface area contributed by atoms with Crippen molar-refractivity contribution in [2.45, 2.75) is 32.3 Å². The van der Waals surface area contributed by atoms with Crippen LogP contribution in [0.2, 0.25) is 0 Å². The van der Waals surface area contributed by atoms with Gasteiger partial charge in [-0.15, -0.1) is 0 Å². The van der Waals surface area contributed by atoms with Crippen LogP contribution in [0.25, 0.3) is 11.3 Å². The van der Waals surface area contributed by atoms with E-state index in [4.69, 9.17) is 26.9 Å². The Hall–Kier alpha value is -4.27. The van der Waals surface area contributed by atoms with E-state index in [0.29, 0.717) is 51.9 Å². The molecule has 0 radical (unpaired) electrons. The van der Waals surface area contributed by atoms with Crippen LogP contribution in [0.1, 0.15) is 42.6 Å². The molecule has 3 aromatic rings. The number of carbonyl (C=O) groups excluding carboxylic acids is 1. The molecule has 2 aromatic heterocycles. The number of rotatable bonds is 3. The molecular weight excluding hydrogens is 459 g/mol. The average molecular weight is 487 g/mol. The normalized spacial score (nSPS) is 19.8. The molecule has 0 saturated heterocycles. The van der Waals surface area contributed by atoms with Gasteiger partial charge in [-0.05, 0) is 61.6 Å². The number of hydrogen-bond donors (Lipinski definition) is 3. The van der Waals surface area contributed by atoms with Crippen LogP contribution in [0.4, 0.5) is 10.2 Å². The second kappa shape index (κ2) is 9.41. The Morgan fingerprint density at radius 2 is 2.00 bits per heavy atom. The number of ether oxygens (including phenoxy) is 1. The Morgan fingerprint density at radius 1 is 1.19 bits per heavy atom. The number of amides is 1. The third-order valence-electron chi connectivity index (χ3n) is 6.51. The lowest BCUT2D eigenvalue weighted by molar-refractivity contribution is -0.114. The molecule has 2 bridgehead atoms. The van der Waals surface area contributed by atoms with Crippen LogP contribution in [-0.2, 0) is 11.2 Å². The number of primary amides is 1. The highest BCUT2D eigenvalue weighted by Crippen LogP contribution is 2.36. The Bertz CT molecular complexity index is 1410. The number of aromatic nitrogens is 2. The van der Waals surface area contributed by atoms with Gasteiger partial charge in [0.1, 0.15) is 17.6 Å². The van der Waals surface area contributed by atoms with Crippen LogP contribution in [0, 0.1) is 11.7 Å². The quantitative estimate of drug-likeness (QED) is 0.484. The van der Waals surface area contributed by atoms with Crippen LogP contribution in [0.3, 0.4) is 0 Å². The highest BCUT2D eigenvalue weighted by atomic mass is 19.1. The minimum atomic E-state index is -0.752. The number of nitrogens with zero attached hydrogens (tertiary/aromatic N) is 3. The van der Waals surface area contributed by atoms with Crippen molar-refractivity contribution < 1.29 is 13.9 Å². The summed E-state index contributed by atoms with van der Waals surface area (Å²) in [5, 5.41) is 0. The van der Waals surface area contributed by atoms with Crippen LogP contribution in [0.15, 0.2) is 65.1 Å². The second-order valence-electron chi connectivity index (χ2n) is 9.18. The van der Waals surface area contributed by atoms with Gasteiger partial charge in [0, 0.05) is 47.6 Å². The molecule has 1 aliphatic heterocycles. The lowest BCUT2D eigenvalue weighted by Crippen LogP contribution is -2.26. The predicted molar refractivity (Wildman–Crippen MR) is 136 cm³/mol. The maximum atomic E-state index is 14.4. The summed E-state index contributed by atoms with van der Waals surface area (Å²) in [6.45, 7) is 2.40. The van der Waals surface area contributed by atoms with Crippen molar-refractivity contribution in [1.29, 1.82) is 0 Å². The van der Waals surface area contributed by atoms with E-state index in [1.807, 2.05) is 13.0 Å². The molecule has 5 rings (SSSR count). The standard InChI is InChI=1S/C27H27FN6O2/c1-14-20-11-18(28)6-7-19(20)24-16(3-2-8-32-24)9-21(23(29)27(31)35)25(33-12-15-4-5-15)17-10-22(36-14)26(30)34-13-17/h2-3,6-8,10-11,13-15H,4-5,9,12,29H2,1H3,(H2,30,34)(H2,31,35)/b23-21-,33-25?/t14-/m1/s1. The molecule has 8 nitrogen and oxygen atoms in total. The molecule has 184 valence electrons. The molecule has 36 heavy (non-hydrogen) atoms. The van der Waals surface area contributed by atoms with Gasteiger partial charge in [-0.25, -0.2) is 9.37 Å². The van der Waals surface area contributed by atoms with Gasteiger partial charge >= 0.3 is 0 Å². The van der Waals surface area contributed by atoms with Crippen molar-refractivity contribution in [3.63, 3.8) is 0 Å². The molecule has 1 aromatic carbocycles. The topological polar surface area (TPSA) is 142 Å². The van der Waals surface area contributed by atoms with Crippen LogP contribution < -0.4 is 21.9 Å². The minimum Gasteiger partial charge on any atom is -0.482 e. The van der Waals surface area contributed by atoms with Gasteiger partial charge in [0.25, 0.3) is 5.91 Å². The molecule has 1 amide bonds. The number of hydrogen-bond acceptors (Lipinski definition) is 7. The summed E-state index contributed by atoms with van der Waals surface area (Å²) in [5.74, 6) is -0.176. The third kappa shape index (κ3) is 4.64. The smallest absolute Gasteiger partial charge is 0.264 e. The van der Waals surface area contributed by atoms with Gasteiger partial charge < -0.3 is 21.9 Å². The van der Waals surface area contributed by atoms with Crippen molar-refractivity contribution in [1.82, 2.24) is 9.97 Å². The summed E-state index contributed by atoms with van der Waals surface area (Å²) in [5.41, 5.74) is 22.3. The predicted octanol–water partition coefficient (Wildman–Crippen LogP) is 3.46. The summed E-state index contributed by atoms with van der Waals surface area (Å²) in [6, 6.07) is 9.90. The summed E-state index contributed by atoms with van der Waals surface area (Å²) < 4.78 is 20.6. The fourth-order valence-corrected chi connectivity index (χ4v) is 4.37. The molecule has 3 heterocycles. The molecule has 6 N–H and O–H groups in total. The summed E-state index contributed by atoms with van der Waals surface area (Å²) in [6.07, 6.45) is 5.11. The minimum absolute atomic E-state index is 0.0941. The summed E-state index contributed by atoms with van der Waals surface area (Å²) in [7, 11) is 0. The largest absolute Gasteiger partial charge is 0.482 e. The van der Waals surface area contributed by atoms with E-state index >= 15 is 0 Å². The van der Waals surface area contributed by atoms with Gasteiger partial charge in [-0.3, -0.25) is 14.8 Å². The number of allylic oxidation sites excluding steroid dienone is 1. The fourth-order valence-electron chi connectivity index (χ4n) is 4.37. The summed E-state index contributed by atoms with van der Waals surface area (Å²) in [4.78, 5) is 26.1. The monoisotopic (exact) mass is 486 g/mol. The first kappa shape index (κ1) is 23.5. The highest BCUT2D eigenvalue weighted by molar-refractivity contribution is 6.16. The molecule has 0 unspecified atom stereocenters. The van der Waals surface area contributed by atoms with Crippen molar-refractivity contribution >= 4 is 17.4 Å². The van der Waals surface area contributed by atoms with E-state index in [-0.39, 0.29) is 17.9 Å². The van der Waals surface area contributed by atoms with Crippen LogP contribution in [-0.4, -0.2) is 28.1 Å². The third-order valence-corrected chi connectivity index (χ3v) is 6.51. The van der Waals surface area contributed by atoms with E-state index in [1.54, 1.807) is 30.6 Å². The average Bonchev–Trinajstić information content (AvgIpc) is 3.69. The lowest BCUT2D eigenvalue weighted by atomic mass is 9.90. The summed E-state index contributed by atoms with van der Waals surface area (Å²) >= 11 is 0. The maximum Gasteiger partial charge on any atom is 0.264 e. The van der Waals surface area contributed by atoms with E-state index in [0.717, 1.165) is 18.4 Å². The first-order valence-electron chi connectivity index (χ1n) is 11.8. The second-order valence-corrected chi connectivity index (χ2v) is 9.18. The number of halogens is 1. The van der Waals surface area contributed by atoms with Gasteiger partial charge in [0.2, 0.25) is 0 Å². The highest BCUT2D eigenvalue weighted by Gasteiger charge is 2.26. The number of pyridine rings is 2. The lowest BCUT2D eigenvalue weighted by Gasteiger charge is -2.23. The number of nitrogen functional groups attached to an aromatic ring is 1. The first-order chi connectivity index (χ1) is 17.3. The Morgan fingerprint density at radius 3 is 2.75 bits per heavy atom. The molecule has 9 heteroatoms. The van der Waals surface area contributed by atoms with Crippen LogP contribution >= 0.6 is 0 Å². The molecule has 1 fully saturated rings. The molecule has 1 atom stereocenters. The number of carbonyl (C=O) groups is 1. The van der Waals surface area contributed by atoms with E-state index in [2.05, 4.69) is 9.97 Å². The van der Waals surface area contributed by atoms with Gasteiger partial charge in [-0.1, -0.05) is 6.07 Å². The molecule has 2 aliphatic rings. The van der Waals surface area contributed by atoms with Gasteiger partial charge in [0.05, 0.1) is 11.4 Å². The number of aliphatic imine (C=N–C) groups is 1. The van der Waals surface area contributed by atoms with Gasteiger partial charge in [0.15, 0.2) is 11.6 Å². The van der Waals surface area contributed by atoms with E-state index in [1.165, 1.54) is 12.1 Å². The molecular formula is C27H27FN6O2. The Balaban J connectivity index is 1.80. The van der Waals surface area contributed by atoms with Crippen molar-refractivity contribution in [3.05, 3.63) is 82.6 Å². The number of anilines is 1.